The number of rotatable bonds is 2. The van der Waals surface area contributed by atoms with Crippen LogP contribution in [0.4, 0.5) is 19.0 Å². The summed E-state index contributed by atoms with van der Waals surface area (Å²) < 4.78 is 40.5. The van der Waals surface area contributed by atoms with Crippen molar-refractivity contribution in [3.63, 3.8) is 0 Å². The maximum atomic E-state index is 12.9. The number of carboxylic acids is 1. The first-order chi connectivity index (χ1) is 12.7. The molecule has 0 aliphatic carbocycles. The lowest BCUT2D eigenvalue weighted by Gasteiger charge is -2.24. The molecule has 27 heavy (non-hydrogen) atoms. The fourth-order valence-corrected chi connectivity index (χ4v) is 3.53. The first-order valence-corrected chi connectivity index (χ1v) is 8.21. The lowest BCUT2D eigenvalue weighted by Crippen LogP contribution is -2.31. The van der Waals surface area contributed by atoms with Crippen LogP contribution in [0.25, 0.3) is 16.6 Å². The average Bonchev–Trinajstić information content (AvgIpc) is 3.08. The van der Waals surface area contributed by atoms with Crippen LogP contribution in [0.15, 0.2) is 42.5 Å². The SMILES string of the molecule is CN1Cc2c(n(-c3ccc(C(F)(F)F)cc3)c3ccc(C(=O)O)cc23)N1C. The van der Waals surface area contributed by atoms with Crippen LogP contribution >= 0.6 is 0 Å². The van der Waals surface area contributed by atoms with Crippen LogP contribution in [0.1, 0.15) is 21.5 Å². The summed E-state index contributed by atoms with van der Waals surface area (Å²) in [6.45, 7) is 0.582. The van der Waals surface area contributed by atoms with Gasteiger partial charge < -0.3 is 5.11 Å². The molecule has 2 heterocycles. The highest BCUT2D eigenvalue weighted by Crippen LogP contribution is 2.41. The van der Waals surface area contributed by atoms with E-state index >= 15 is 0 Å². The molecule has 0 spiro atoms. The summed E-state index contributed by atoms with van der Waals surface area (Å²) in [7, 11) is 3.76. The lowest BCUT2D eigenvalue weighted by atomic mass is 10.1. The van der Waals surface area contributed by atoms with Gasteiger partial charge in [0, 0.05) is 37.3 Å². The molecule has 0 saturated carbocycles. The number of hydrogen-bond acceptors (Lipinski definition) is 3. The number of carbonyl (C=O) groups is 1. The molecule has 5 nitrogen and oxygen atoms in total. The second-order valence-corrected chi connectivity index (χ2v) is 6.56. The predicted octanol–water partition coefficient (Wildman–Crippen LogP) is 4.14. The quantitative estimate of drug-likeness (QED) is 0.731. The highest BCUT2D eigenvalue weighted by molar-refractivity contribution is 5.98. The molecule has 1 N–H and O–H groups in total. The van der Waals surface area contributed by atoms with Gasteiger partial charge in [0.25, 0.3) is 0 Å². The number of aromatic nitrogens is 1. The number of hydrazine groups is 1. The van der Waals surface area contributed by atoms with Crippen molar-refractivity contribution in [1.29, 1.82) is 0 Å². The molecule has 140 valence electrons. The number of hydrogen-bond donors (Lipinski definition) is 1. The summed E-state index contributed by atoms with van der Waals surface area (Å²) in [6.07, 6.45) is -4.40. The molecule has 0 amide bonds. The number of anilines is 1. The van der Waals surface area contributed by atoms with Crippen molar-refractivity contribution in [2.75, 3.05) is 19.1 Å². The zero-order valence-electron chi connectivity index (χ0n) is 14.6. The molecule has 4 rings (SSSR count). The second kappa shape index (κ2) is 5.75. The van der Waals surface area contributed by atoms with Crippen LogP contribution in [-0.2, 0) is 12.7 Å². The molecule has 2 aromatic carbocycles. The Morgan fingerprint density at radius 2 is 1.74 bits per heavy atom. The number of nitrogens with zero attached hydrogens (tertiary/aromatic N) is 3. The standard InChI is InChI=1S/C19H16F3N3O2/c1-23-10-15-14-9-11(18(26)27)3-8-16(14)25(17(15)24(23)2)13-6-4-12(5-7-13)19(20,21)22/h3-9H,10H2,1-2H3,(H,26,27). The zero-order valence-corrected chi connectivity index (χ0v) is 14.6. The van der Waals surface area contributed by atoms with Crippen LogP contribution in [-0.4, -0.2) is 34.7 Å². The maximum Gasteiger partial charge on any atom is 0.416 e. The second-order valence-electron chi connectivity index (χ2n) is 6.56. The molecular weight excluding hydrogens is 359 g/mol. The molecule has 0 bridgehead atoms. The Morgan fingerprint density at radius 1 is 1.07 bits per heavy atom. The number of benzene rings is 2. The lowest BCUT2D eigenvalue weighted by molar-refractivity contribution is -0.137. The predicted molar refractivity (Wildman–Crippen MR) is 95.1 cm³/mol. The summed E-state index contributed by atoms with van der Waals surface area (Å²) >= 11 is 0. The average molecular weight is 375 g/mol. The molecular formula is C19H16F3N3O2. The fraction of sp³-hybridized carbons (Fsp3) is 0.211. The van der Waals surface area contributed by atoms with E-state index < -0.39 is 17.7 Å². The van der Waals surface area contributed by atoms with Crippen LogP contribution in [0.2, 0.25) is 0 Å². The molecule has 1 aliphatic rings. The number of alkyl halides is 3. The van der Waals surface area contributed by atoms with Gasteiger partial charge in [-0.25, -0.2) is 9.80 Å². The minimum absolute atomic E-state index is 0.173. The van der Waals surface area contributed by atoms with E-state index in [9.17, 15) is 23.1 Å². The van der Waals surface area contributed by atoms with Gasteiger partial charge >= 0.3 is 12.1 Å². The van der Waals surface area contributed by atoms with E-state index in [0.29, 0.717) is 12.2 Å². The van der Waals surface area contributed by atoms with Gasteiger partial charge in [-0.2, -0.15) is 13.2 Å². The van der Waals surface area contributed by atoms with E-state index in [4.69, 9.17) is 0 Å². The largest absolute Gasteiger partial charge is 0.478 e. The Labute approximate surface area is 152 Å². The smallest absolute Gasteiger partial charge is 0.416 e. The monoisotopic (exact) mass is 375 g/mol. The molecule has 8 heteroatoms. The van der Waals surface area contributed by atoms with Gasteiger partial charge in [0.15, 0.2) is 0 Å². The third-order valence-electron chi connectivity index (χ3n) is 4.95. The Morgan fingerprint density at radius 3 is 2.33 bits per heavy atom. The topological polar surface area (TPSA) is 48.7 Å². The highest BCUT2D eigenvalue weighted by atomic mass is 19.4. The summed E-state index contributed by atoms with van der Waals surface area (Å²) in [4.78, 5) is 11.3. The first kappa shape index (κ1) is 17.4. The third kappa shape index (κ3) is 2.64. The Bertz CT molecular complexity index is 1050. The van der Waals surface area contributed by atoms with E-state index in [-0.39, 0.29) is 5.56 Å². The number of carboxylic acid groups (broad SMARTS) is 1. The first-order valence-electron chi connectivity index (χ1n) is 8.21. The maximum absolute atomic E-state index is 12.9. The van der Waals surface area contributed by atoms with Crippen molar-refractivity contribution in [2.45, 2.75) is 12.7 Å². The normalized spacial score (nSPS) is 14.8. The molecule has 0 atom stereocenters. The Kier molecular flexibility index (Phi) is 3.71. The molecule has 1 aliphatic heterocycles. The molecule has 0 unspecified atom stereocenters. The Balaban J connectivity index is 1.96. The van der Waals surface area contributed by atoms with Crippen molar-refractivity contribution in [3.05, 3.63) is 59.2 Å². The van der Waals surface area contributed by atoms with Gasteiger partial charge in [-0.1, -0.05) is 0 Å². The van der Waals surface area contributed by atoms with Crippen LogP contribution in [0.5, 0.6) is 0 Å². The van der Waals surface area contributed by atoms with E-state index in [2.05, 4.69) is 0 Å². The van der Waals surface area contributed by atoms with E-state index in [1.54, 1.807) is 12.1 Å². The van der Waals surface area contributed by atoms with Crippen LogP contribution < -0.4 is 5.01 Å². The Hall–Kier alpha value is -3.00. The van der Waals surface area contributed by atoms with Gasteiger partial charge in [0.2, 0.25) is 0 Å². The van der Waals surface area contributed by atoms with Crippen LogP contribution in [0, 0.1) is 0 Å². The molecule has 0 radical (unpaired) electrons. The van der Waals surface area contributed by atoms with Crippen molar-refractivity contribution in [3.8, 4) is 5.69 Å². The summed E-state index contributed by atoms with van der Waals surface area (Å²) in [6, 6.07) is 9.78. The van der Waals surface area contributed by atoms with Gasteiger partial charge in [-0.3, -0.25) is 9.58 Å². The number of fused-ring (bicyclic) bond motifs is 3. The summed E-state index contributed by atoms with van der Waals surface area (Å²) in [5, 5.41) is 13.9. The van der Waals surface area contributed by atoms with Crippen LogP contribution in [0.3, 0.4) is 0 Å². The van der Waals surface area contributed by atoms with Gasteiger partial charge in [-0.15, -0.1) is 0 Å². The van der Waals surface area contributed by atoms with E-state index in [1.807, 2.05) is 28.7 Å². The molecule has 0 fully saturated rings. The van der Waals surface area contributed by atoms with Crippen molar-refractivity contribution in [2.24, 2.45) is 0 Å². The molecule has 3 aromatic rings. The van der Waals surface area contributed by atoms with Gasteiger partial charge in [0.05, 0.1) is 16.6 Å². The van der Waals surface area contributed by atoms with Crippen molar-refractivity contribution in [1.82, 2.24) is 9.58 Å². The third-order valence-corrected chi connectivity index (χ3v) is 4.95. The number of aromatic carboxylic acids is 1. The van der Waals surface area contributed by atoms with Gasteiger partial charge in [0.1, 0.15) is 5.82 Å². The highest BCUT2D eigenvalue weighted by Gasteiger charge is 2.32. The van der Waals surface area contributed by atoms with E-state index in [0.717, 1.165) is 34.4 Å². The summed E-state index contributed by atoms with van der Waals surface area (Å²) in [5.41, 5.74) is 1.74. The summed E-state index contributed by atoms with van der Waals surface area (Å²) in [5.74, 6) is -0.206. The van der Waals surface area contributed by atoms with E-state index in [1.165, 1.54) is 18.2 Å². The van der Waals surface area contributed by atoms with Gasteiger partial charge in [-0.05, 0) is 42.5 Å². The van der Waals surface area contributed by atoms with Crippen molar-refractivity contribution < 1.29 is 23.1 Å². The zero-order chi connectivity index (χ0) is 19.5. The minimum atomic E-state index is -4.40. The molecule has 1 aromatic heterocycles. The molecule has 0 saturated heterocycles. The number of halogens is 3. The fourth-order valence-electron chi connectivity index (χ4n) is 3.53. The van der Waals surface area contributed by atoms with Crippen molar-refractivity contribution >= 4 is 22.7 Å². The minimum Gasteiger partial charge on any atom is -0.478 e.